The van der Waals surface area contributed by atoms with Gasteiger partial charge in [0.1, 0.15) is 5.58 Å². The molecule has 0 fully saturated rings. The third-order valence-electron chi connectivity index (χ3n) is 4.88. The molecule has 138 valence electrons. The molecule has 2 aromatic carbocycles. The first-order chi connectivity index (χ1) is 12.9. The molecule has 0 aliphatic heterocycles. The van der Waals surface area contributed by atoms with Crippen LogP contribution in [0.25, 0.3) is 21.2 Å². The number of anilines is 1. The number of hydrogen-bond acceptors (Lipinski definition) is 4. The second-order valence-corrected chi connectivity index (χ2v) is 8.32. The second-order valence-electron chi connectivity index (χ2n) is 7.29. The van der Waals surface area contributed by atoms with Crippen molar-refractivity contribution in [1.29, 1.82) is 0 Å². The summed E-state index contributed by atoms with van der Waals surface area (Å²) in [6, 6.07) is 10.3. The summed E-state index contributed by atoms with van der Waals surface area (Å²) in [6.07, 6.45) is 1.96. The van der Waals surface area contributed by atoms with Gasteiger partial charge in [0.25, 0.3) is 0 Å². The summed E-state index contributed by atoms with van der Waals surface area (Å²) < 4.78 is 6.77. The second kappa shape index (κ2) is 6.82. The maximum atomic E-state index is 12.6. The van der Waals surface area contributed by atoms with Crippen LogP contribution in [0.5, 0.6) is 0 Å². The molecule has 27 heavy (non-hydrogen) atoms. The SMILES string of the molecule is Cc1cc2occ(CC(=O)Nc3nc4c(C)cccc4s3)c2cc1C(C)C. The summed E-state index contributed by atoms with van der Waals surface area (Å²) in [5, 5.41) is 4.59. The summed E-state index contributed by atoms with van der Waals surface area (Å²) in [5.41, 5.74) is 6.29. The van der Waals surface area contributed by atoms with E-state index < -0.39 is 0 Å². The summed E-state index contributed by atoms with van der Waals surface area (Å²) in [5.74, 6) is 0.345. The maximum absolute atomic E-state index is 12.6. The van der Waals surface area contributed by atoms with Gasteiger partial charge in [-0.3, -0.25) is 4.79 Å². The quantitative estimate of drug-likeness (QED) is 0.476. The van der Waals surface area contributed by atoms with Crippen LogP contribution in [0.3, 0.4) is 0 Å². The summed E-state index contributed by atoms with van der Waals surface area (Å²) in [7, 11) is 0. The van der Waals surface area contributed by atoms with Crippen molar-refractivity contribution in [3.63, 3.8) is 0 Å². The molecule has 0 aliphatic rings. The minimum absolute atomic E-state index is 0.0823. The summed E-state index contributed by atoms with van der Waals surface area (Å²) in [4.78, 5) is 17.1. The minimum Gasteiger partial charge on any atom is -0.464 e. The lowest BCUT2D eigenvalue weighted by atomic mass is 9.95. The van der Waals surface area contributed by atoms with E-state index in [0.717, 1.165) is 32.3 Å². The van der Waals surface area contributed by atoms with Gasteiger partial charge in [0, 0.05) is 10.9 Å². The van der Waals surface area contributed by atoms with Crippen LogP contribution in [0.15, 0.2) is 41.0 Å². The minimum atomic E-state index is -0.0823. The molecule has 4 aromatic rings. The molecule has 2 aromatic heterocycles. The Kier molecular flexibility index (Phi) is 4.48. The van der Waals surface area contributed by atoms with Gasteiger partial charge in [0.15, 0.2) is 5.13 Å². The zero-order valence-electron chi connectivity index (χ0n) is 15.9. The number of thiazole rings is 1. The average Bonchev–Trinajstić information content (AvgIpc) is 3.18. The number of para-hydroxylation sites is 1. The van der Waals surface area contributed by atoms with Crippen LogP contribution in [0.2, 0.25) is 0 Å². The Morgan fingerprint density at radius 1 is 1.22 bits per heavy atom. The Balaban J connectivity index is 1.58. The average molecular weight is 378 g/mol. The van der Waals surface area contributed by atoms with Crippen molar-refractivity contribution < 1.29 is 9.21 Å². The number of rotatable bonds is 4. The number of nitrogens with one attached hydrogen (secondary N) is 1. The highest BCUT2D eigenvalue weighted by Gasteiger charge is 2.15. The third kappa shape index (κ3) is 3.35. The van der Waals surface area contributed by atoms with Crippen molar-refractivity contribution in [2.24, 2.45) is 0 Å². The molecule has 0 saturated carbocycles. The molecule has 1 amide bonds. The van der Waals surface area contributed by atoms with Gasteiger partial charge in [-0.15, -0.1) is 0 Å². The number of benzene rings is 2. The molecular formula is C22H22N2O2S. The molecule has 0 saturated heterocycles. The fourth-order valence-corrected chi connectivity index (χ4v) is 4.44. The van der Waals surface area contributed by atoms with E-state index in [1.165, 1.54) is 22.5 Å². The van der Waals surface area contributed by atoms with E-state index in [1.54, 1.807) is 6.26 Å². The van der Waals surface area contributed by atoms with Crippen LogP contribution < -0.4 is 5.32 Å². The van der Waals surface area contributed by atoms with E-state index in [-0.39, 0.29) is 12.3 Å². The number of amides is 1. The van der Waals surface area contributed by atoms with Gasteiger partial charge in [-0.2, -0.15) is 0 Å². The zero-order chi connectivity index (χ0) is 19.1. The van der Waals surface area contributed by atoms with Gasteiger partial charge < -0.3 is 9.73 Å². The fraction of sp³-hybridized carbons (Fsp3) is 0.273. The number of furan rings is 1. The van der Waals surface area contributed by atoms with Gasteiger partial charge in [-0.05, 0) is 54.7 Å². The number of hydrogen-bond donors (Lipinski definition) is 1. The number of aromatic nitrogens is 1. The van der Waals surface area contributed by atoms with Crippen molar-refractivity contribution in [2.45, 2.75) is 40.0 Å². The number of fused-ring (bicyclic) bond motifs is 2. The van der Waals surface area contributed by atoms with Crippen molar-refractivity contribution in [3.05, 3.63) is 58.8 Å². The van der Waals surface area contributed by atoms with E-state index in [2.05, 4.69) is 43.2 Å². The predicted molar refractivity (Wildman–Crippen MR) is 112 cm³/mol. The molecule has 1 N–H and O–H groups in total. The number of carbonyl (C=O) groups excluding carboxylic acids is 1. The lowest BCUT2D eigenvalue weighted by molar-refractivity contribution is -0.115. The Morgan fingerprint density at radius 3 is 2.78 bits per heavy atom. The maximum Gasteiger partial charge on any atom is 0.230 e. The van der Waals surface area contributed by atoms with Gasteiger partial charge in [0.05, 0.1) is 22.9 Å². The van der Waals surface area contributed by atoms with E-state index in [4.69, 9.17) is 4.42 Å². The van der Waals surface area contributed by atoms with Gasteiger partial charge in [-0.1, -0.05) is 37.3 Å². The monoisotopic (exact) mass is 378 g/mol. The zero-order valence-corrected chi connectivity index (χ0v) is 16.7. The standard InChI is InChI=1S/C22H22N2O2S/c1-12(2)16-10-17-15(11-26-18(17)8-14(16)4)9-20(25)23-22-24-21-13(3)6-5-7-19(21)27-22/h5-8,10-12H,9H2,1-4H3,(H,23,24,25). The molecule has 0 aliphatic carbocycles. The first-order valence-electron chi connectivity index (χ1n) is 9.09. The molecule has 0 bridgehead atoms. The molecule has 4 rings (SSSR count). The van der Waals surface area contributed by atoms with Crippen molar-refractivity contribution in [1.82, 2.24) is 4.98 Å². The number of carbonyl (C=O) groups is 1. The van der Waals surface area contributed by atoms with E-state index >= 15 is 0 Å². The van der Waals surface area contributed by atoms with Crippen LogP contribution in [-0.2, 0) is 11.2 Å². The molecular weight excluding hydrogens is 356 g/mol. The smallest absolute Gasteiger partial charge is 0.230 e. The molecule has 0 radical (unpaired) electrons. The lowest BCUT2D eigenvalue weighted by Crippen LogP contribution is -2.14. The molecule has 5 heteroatoms. The molecule has 2 heterocycles. The highest BCUT2D eigenvalue weighted by atomic mass is 32.1. The highest BCUT2D eigenvalue weighted by Crippen LogP contribution is 2.30. The van der Waals surface area contributed by atoms with Crippen LogP contribution in [0.1, 0.15) is 42.0 Å². The molecule has 0 unspecified atom stereocenters. The van der Waals surface area contributed by atoms with Gasteiger partial charge in [-0.25, -0.2) is 4.98 Å². The van der Waals surface area contributed by atoms with Crippen molar-refractivity contribution in [3.8, 4) is 0 Å². The normalized spacial score (nSPS) is 11.6. The van der Waals surface area contributed by atoms with Gasteiger partial charge >= 0.3 is 0 Å². The summed E-state index contributed by atoms with van der Waals surface area (Å²) in [6.45, 7) is 8.48. The lowest BCUT2D eigenvalue weighted by Gasteiger charge is -2.09. The van der Waals surface area contributed by atoms with Crippen LogP contribution >= 0.6 is 11.3 Å². The Hall–Kier alpha value is -2.66. The Morgan fingerprint density at radius 2 is 2.04 bits per heavy atom. The topological polar surface area (TPSA) is 55.1 Å². The molecule has 0 atom stereocenters. The van der Waals surface area contributed by atoms with E-state index in [1.807, 2.05) is 25.1 Å². The number of nitrogens with zero attached hydrogens (tertiary/aromatic N) is 1. The van der Waals surface area contributed by atoms with Crippen LogP contribution in [0, 0.1) is 13.8 Å². The Bertz CT molecular complexity index is 1150. The Labute approximate surface area is 162 Å². The predicted octanol–water partition coefficient (Wildman–Crippen LogP) is 5.96. The van der Waals surface area contributed by atoms with Gasteiger partial charge in [0.2, 0.25) is 5.91 Å². The number of aryl methyl sites for hydroxylation is 2. The summed E-state index contributed by atoms with van der Waals surface area (Å²) >= 11 is 1.50. The molecule has 4 nitrogen and oxygen atoms in total. The third-order valence-corrected chi connectivity index (χ3v) is 5.82. The molecule has 0 spiro atoms. The first-order valence-corrected chi connectivity index (χ1v) is 9.90. The first kappa shape index (κ1) is 17.7. The van der Waals surface area contributed by atoms with Crippen molar-refractivity contribution in [2.75, 3.05) is 5.32 Å². The van der Waals surface area contributed by atoms with E-state index in [9.17, 15) is 4.79 Å². The highest BCUT2D eigenvalue weighted by molar-refractivity contribution is 7.22. The van der Waals surface area contributed by atoms with Crippen LogP contribution in [0.4, 0.5) is 5.13 Å². The largest absolute Gasteiger partial charge is 0.464 e. The van der Waals surface area contributed by atoms with Crippen LogP contribution in [-0.4, -0.2) is 10.9 Å². The fourth-order valence-electron chi connectivity index (χ4n) is 3.48. The van der Waals surface area contributed by atoms with E-state index in [0.29, 0.717) is 11.0 Å². The van der Waals surface area contributed by atoms with Crippen molar-refractivity contribution >= 4 is 43.6 Å².